The Morgan fingerprint density at radius 2 is 1.77 bits per heavy atom. The van der Waals surface area contributed by atoms with Crippen molar-refractivity contribution in [2.24, 2.45) is 0 Å². The summed E-state index contributed by atoms with van der Waals surface area (Å²) in [5.74, 6) is -0.388. The van der Waals surface area contributed by atoms with Gasteiger partial charge in [0.05, 0.1) is 21.2 Å². The third-order valence-corrected chi connectivity index (χ3v) is 5.03. The van der Waals surface area contributed by atoms with Gasteiger partial charge in [-0.1, -0.05) is 17.7 Å². The Morgan fingerprint density at radius 1 is 1.12 bits per heavy atom. The molecular formula is C16H14ClF3N2O3S. The highest BCUT2D eigenvalue weighted by Crippen LogP contribution is 2.31. The highest BCUT2D eigenvalue weighted by Gasteiger charge is 2.31. The Bertz CT molecular complexity index is 944. The molecule has 10 heteroatoms. The SMILES string of the molecule is CN(C)C(=O)c1ccc(Cl)c(NS(=O)(=O)c2cccc(C(F)(F)F)c2)c1. The summed E-state index contributed by atoms with van der Waals surface area (Å²) in [4.78, 5) is 12.7. The zero-order valence-electron chi connectivity index (χ0n) is 13.6. The number of sulfonamides is 1. The largest absolute Gasteiger partial charge is 0.416 e. The van der Waals surface area contributed by atoms with Crippen LogP contribution in [-0.4, -0.2) is 33.3 Å². The summed E-state index contributed by atoms with van der Waals surface area (Å²) >= 11 is 5.95. The van der Waals surface area contributed by atoms with Crippen molar-refractivity contribution < 1.29 is 26.4 Å². The predicted octanol–water partition coefficient (Wildman–Crippen LogP) is 3.86. The summed E-state index contributed by atoms with van der Waals surface area (Å²) in [6.07, 6.45) is -4.68. The fourth-order valence-electron chi connectivity index (χ4n) is 2.04. The summed E-state index contributed by atoms with van der Waals surface area (Å²) in [6, 6.07) is 7.25. The lowest BCUT2D eigenvalue weighted by atomic mass is 10.2. The molecule has 0 heterocycles. The van der Waals surface area contributed by atoms with Gasteiger partial charge in [0.2, 0.25) is 0 Å². The van der Waals surface area contributed by atoms with Gasteiger partial charge >= 0.3 is 6.18 Å². The number of hydrogen-bond acceptors (Lipinski definition) is 3. The molecule has 0 aliphatic heterocycles. The van der Waals surface area contributed by atoms with E-state index in [0.717, 1.165) is 18.2 Å². The molecule has 0 aromatic heterocycles. The van der Waals surface area contributed by atoms with Gasteiger partial charge in [0, 0.05) is 19.7 Å². The van der Waals surface area contributed by atoms with Gasteiger partial charge in [-0.05, 0) is 36.4 Å². The summed E-state index contributed by atoms with van der Waals surface area (Å²) in [5, 5.41) is -0.00384. The average Bonchev–Trinajstić information content (AvgIpc) is 2.55. The second-order valence-corrected chi connectivity index (χ2v) is 7.61. The number of hydrogen-bond donors (Lipinski definition) is 1. The van der Waals surface area contributed by atoms with E-state index in [2.05, 4.69) is 4.72 Å². The van der Waals surface area contributed by atoms with Gasteiger partial charge in [-0.15, -0.1) is 0 Å². The average molecular weight is 407 g/mol. The number of carbonyl (C=O) groups excluding carboxylic acids is 1. The van der Waals surface area contributed by atoms with E-state index in [1.54, 1.807) is 0 Å². The smallest absolute Gasteiger partial charge is 0.345 e. The first-order chi connectivity index (χ1) is 11.9. The van der Waals surface area contributed by atoms with Crippen molar-refractivity contribution in [3.63, 3.8) is 0 Å². The summed E-state index contributed by atoms with van der Waals surface area (Å²) < 4.78 is 65.3. The molecule has 0 fully saturated rings. The van der Waals surface area contributed by atoms with Crippen molar-refractivity contribution in [2.75, 3.05) is 18.8 Å². The van der Waals surface area contributed by atoms with Gasteiger partial charge in [-0.2, -0.15) is 13.2 Å². The van der Waals surface area contributed by atoms with E-state index in [4.69, 9.17) is 11.6 Å². The molecule has 140 valence electrons. The number of nitrogens with one attached hydrogen (secondary N) is 1. The zero-order valence-corrected chi connectivity index (χ0v) is 15.2. The van der Waals surface area contributed by atoms with Gasteiger partial charge < -0.3 is 4.90 Å². The minimum Gasteiger partial charge on any atom is -0.345 e. The van der Waals surface area contributed by atoms with Crippen LogP contribution in [0.15, 0.2) is 47.4 Å². The number of alkyl halides is 3. The summed E-state index contributed by atoms with van der Waals surface area (Å²) in [7, 11) is -1.31. The minimum absolute atomic E-state index is 0.00384. The summed E-state index contributed by atoms with van der Waals surface area (Å²) in [5.41, 5.74) is -1.04. The van der Waals surface area contributed by atoms with Crippen LogP contribution in [0.25, 0.3) is 0 Å². The van der Waals surface area contributed by atoms with E-state index in [0.29, 0.717) is 6.07 Å². The molecule has 0 bridgehead atoms. The maximum Gasteiger partial charge on any atom is 0.416 e. The fourth-order valence-corrected chi connectivity index (χ4v) is 3.37. The van der Waals surface area contributed by atoms with E-state index in [-0.39, 0.29) is 22.2 Å². The van der Waals surface area contributed by atoms with Crippen LogP contribution in [0.4, 0.5) is 18.9 Å². The predicted molar refractivity (Wildman–Crippen MR) is 91.7 cm³/mol. The van der Waals surface area contributed by atoms with Crippen molar-refractivity contribution in [2.45, 2.75) is 11.1 Å². The molecule has 0 unspecified atom stereocenters. The molecule has 0 saturated carbocycles. The van der Waals surface area contributed by atoms with Gasteiger partial charge in [0.15, 0.2) is 0 Å². The monoisotopic (exact) mass is 406 g/mol. The Kier molecular flexibility index (Phi) is 5.52. The van der Waals surface area contributed by atoms with E-state index in [1.165, 1.54) is 37.2 Å². The highest BCUT2D eigenvalue weighted by molar-refractivity contribution is 7.92. The number of amides is 1. The molecule has 1 amide bonds. The van der Waals surface area contributed by atoms with Crippen LogP contribution in [0, 0.1) is 0 Å². The molecule has 1 N–H and O–H groups in total. The molecule has 0 aliphatic carbocycles. The van der Waals surface area contributed by atoms with Crippen LogP contribution in [0.3, 0.4) is 0 Å². The highest BCUT2D eigenvalue weighted by atomic mass is 35.5. The molecule has 0 aliphatic rings. The van der Waals surface area contributed by atoms with Crippen LogP contribution in [0.2, 0.25) is 5.02 Å². The standard InChI is InChI=1S/C16H14ClF3N2O3S/c1-22(2)15(23)10-6-7-13(17)14(8-10)21-26(24,25)12-5-3-4-11(9-12)16(18,19)20/h3-9,21H,1-2H3. The number of nitrogens with zero attached hydrogens (tertiary/aromatic N) is 1. The number of carbonyl (C=O) groups is 1. The molecule has 0 atom stereocenters. The Morgan fingerprint density at radius 3 is 2.35 bits per heavy atom. The van der Waals surface area contributed by atoms with Gasteiger partial charge in [0.25, 0.3) is 15.9 Å². The normalized spacial score (nSPS) is 11.9. The number of benzene rings is 2. The van der Waals surface area contributed by atoms with E-state index < -0.39 is 26.7 Å². The molecule has 0 spiro atoms. The Balaban J connectivity index is 2.41. The molecule has 5 nitrogen and oxygen atoms in total. The topological polar surface area (TPSA) is 66.5 Å². The third-order valence-electron chi connectivity index (χ3n) is 3.34. The fraction of sp³-hybridized carbons (Fsp3) is 0.188. The molecule has 2 rings (SSSR count). The van der Waals surface area contributed by atoms with Gasteiger partial charge in [-0.3, -0.25) is 9.52 Å². The second kappa shape index (κ2) is 7.16. The number of halogens is 4. The minimum atomic E-state index is -4.68. The molecule has 0 radical (unpaired) electrons. The zero-order chi connectivity index (χ0) is 19.7. The van der Waals surface area contributed by atoms with Crippen molar-refractivity contribution in [1.29, 1.82) is 0 Å². The quantitative estimate of drug-likeness (QED) is 0.838. The van der Waals surface area contributed by atoms with Crippen LogP contribution < -0.4 is 4.72 Å². The lowest BCUT2D eigenvalue weighted by molar-refractivity contribution is -0.137. The Labute approximate surface area is 153 Å². The van der Waals surface area contributed by atoms with Crippen LogP contribution in [0.5, 0.6) is 0 Å². The molecule has 2 aromatic rings. The van der Waals surface area contributed by atoms with Crippen molar-refractivity contribution in [3.05, 3.63) is 58.6 Å². The lowest BCUT2D eigenvalue weighted by Gasteiger charge is -2.14. The van der Waals surface area contributed by atoms with Gasteiger partial charge in [0.1, 0.15) is 0 Å². The van der Waals surface area contributed by atoms with Crippen LogP contribution in [0.1, 0.15) is 15.9 Å². The van der Waals surface area contributed by atoms with Crippen molar-refractivity contribution >= 4 is 33.2 Å². The first-order valence-corrected chi connectivity index (χ1v) is 8.99. The third kappa shape index (κ3) is 4.47. The van der Waals surface area contributed by atoms with Gasteiger partial charge in [-0.25, -0.2) is 8.42 Å². The maximum absolute atomic E-state index is 12.8. The van der Waals surface area contributed by atoms with Crippen molar-refractivity contribution in [3.8, 4) is 0 Å². The first-order valence-electron chi connectivity index (χ1n) is 7.13. The van der Waals surface area contributed by atoms with Crippen LogP contribution in [-0.2, 0) is 16.2 Å². The second-order valence-electron chi connectivity index (χ2n) is 5.53. The molecular weight excluding hydrogens is 393 g/mol. The number of anilines is 1. The van der Waals surface area contributed by atoms with E-state index in [1.807, 2.05) is 0 Å². The first kappa shape index (κ1) is 20.1. The lowest BCUT2D eigenvalue weighted by Crippen LogP contribution is -2.22. The molecule has 26 heavy (non-hydrogen) atoms. The van der Waals surface area contributed by atoms with E-state index in [9.17, 15) is 26.4 Å². The Hall–Kier alpha value is -2.26. The van der Waals surface area contributed by atoms with Crippen molar-refractivity contribution in [1.82, 2.24) is 4.90 Å². The summed E-state index contributed by atoms with van der Waals surface area (Å²) in [6.45, 7) is 0. The van der Waals surface area contributed by atoms with E-state index >= 15 is 0 Å². The molecule has 0 saturated heterocycles. The number of rotatable bonds is 4. The van der Waals surface area contributed by atoms with Crippen LogP contribution >= 0.6 is 11.6 Å². The molecule has 2 aromatic carbocycles. The maximum atomic E-state index is 12.8.